The zero-order chi connectivity index (χ0) is 23.9. The Bertz CT molecular complexity index is 1440. The van der Waals surface area contributed by atoms with Crippen molar-refractivity contribution in [3.63, 3.8) is 0 Å². The molecule has 1 saturated heterocycles. The Kier molecular flexibility index (Phi) is 5.73. The van der Waals surface area contributed by atoms with E-state index >= 15 is 0 Å². The van der Waals surface area contributed by atoms with Crippen molar-refractivity contribution in [2.45, 2.75) is 24.9 Å². The first kappa shape index (κ1) is 22.3. The highest BCUT2D eigenvalue weighted by Gasteiger charge is 2.36. The van der Waals surface area contributed by atoms with Crippen LogP contribution < -0.4 is 5.43 Å². The molecule has 0 aliphatic carbocycles. The van der Waals surface area contributed by atoms with E-state index in [1.165, 1.54) is 18.4 Å². The van der Waals surface area contributed by atoms with Crippen molar-refractivity contribution in [3.05, 3.63) is 93.8 Å². The minimum absolute atomic E-state index is 0.0405. The smallest absolute Gasteiger partial charge is 0.416 e. The second kappa shape index (κ2) is 8.72. The number of benzene rings is 3. The van der Waals surface area contributed by atoms with E-state index in [0.29, 0.717) is 48.2 Å². The summed E-state index contributed by atoms with van der Waals surface area (Å²) in [6.45, 7) is 1.65. The lowest BCUT2D eigenvalue weighted by atomic mass is 9.93. The van der Waals surface area contributed by atoms with Crippen molar-refractivity contribution in [1.29, 1.82) is 0 Å². The minimum Gasteiger partial charge on any atom is -0.464 e. The lowest BCUT2D eigenvalue weighted by molar-refractivity contribution is -0.138. The Morgan fingerprint density at radius 3 is 2.68 bits per heavy atom. The van der Waals surface area contributed by atoms with Crippen molar-refractivity contribution in [2.24, 2.45) is 0 Å². The predicted molar refractivity (Wildman–Crippen MR) is 124 cm³/mol. The van der Waals surface area contributed by atoms with Gasteiger partial charge in [0.1, 0.15) is 5.58 Å². The van der Waals surface area contributed by atoms with Crippen molar-refractivity contribution in [3.8, 4) is 0 Å². The van der Waals surface area contributed by atoms with Crippen LogP contribution in [0.3, 0.4) is 0 Å². The largest absolute Gasteiger partial charge is 0.464 e. The first-order valence-electron chi connectivity index (χ1n) is 11.2. The topological polar surface area (TPSA) is 50.5 Å². The maximum Gasteiger partial charge on any atom is 0.416 e. The zero-order valence-electron chi connectivity index (χ0n) is 18.3. The van der Waals surface area contributed by atoms with Crippen molar-refractivity contribution >= 4 is 27.5 Å². The number of nitrogens with zero attached hydrogens (tertiary/aromatic N) is 1. The Morgan fingerprint density at radius 2 is 1.85 bits per heavy atom. The van der Waals surface area contributed by atoms with E-state index in [1.54, 1.807) is 36.4 Å². The SMILES string of the molecule is O=C(CCN1CCC(c2ccccc2C(F)(F)F)C1)c1ccc2cc3occc(=O)c3cc2c1. The summed E-state index contributed by atoms with van der Waals surface area (Å²) in [5.74, 6) is -0.241. The summed E-state index contributed by atoms with van der Waals surface area (Å²) in [5, 5.41) is 2.10. The van der Waals surface area contributed by atoms with Crippen LogP contribution in [0.4, 0.5) is 13.2 Å². The number of halogens is 3. The summed E-state index contributed by atoms with van der Waals surface area (Å²) in [6.07, 6.45) is -2.11. The molecule has 4 nitrogen and oxygen atoms in total. The molecule has 1 atom stereocenters. The molecule has 0 spiro atoms. The van der Waals surface area contributed by atoms with Gasteiger partial charge in [-0.2, -0.15) is 13.2 Å². The molecule has 1 aliphatic heterocycles. The van der Waals surface area contributed by atoms with Crippen LogP contribution in [-0.4, -0.2) is 30.3 Å². The number of likely N-dealkylation sites (tertiary alicyclic amines) is 1. The monoisotopic (exact) mass is 465 g/mol. The number of ketones is 1. The van der Waals surface area contributed by atoms with Crippen LogP contribution in [0, 0.1) is 0 Å². The molecule has 1 fully saturated rings. The van der Waals surface area contributed by atoms with Gasteiger partial charge in [-0.05, 0) is 59.5 Å². The third-order valence-corrected chi connectivity index (χ3v) is 6.57. The average molecular weight is 465 g/mol. The zero-order valence-corrected chi connectivity index (χ0v) is 18.3. The Morgan fingerprint density at radius 1 is 1.03 bits per heavy atom. The van der Waals surface area contributed by atoms with Gasteiger partial charge in [-0.1, -0.05) is 30.3 Å². The van der Waals surface area contributed by atoms with Crippen LogP contribution in [0.15, 0.2) is 76.1 Å². The molecule has 1 aromatic heterocycles. The van der Waals surface area contributed by atoms with Gasteiger partial charge in [-0.25, -0.2) is 0 Å². The molecule has 0 radical (unpaired) electrons. The molecule has 0 N–H and O–H groups in total. The number of carbonyl (C=O) groups is 1. The van der Waals surface area contributed by atoms with Gasteiger partial charge in [-0.15, -0.1) is 0 Å². The standard InChI is InChI=1S/C27H22F3NO3/c28-27(29,30)23-4-2-1-3-21(23)19-7-10-31(16-19)11-8-24(32)18-6-5-17-15-26-22(14-20(17)13-18)25(33)9-12-34-26/h1-6,9,12-15,19H,7-8,10-11,16H2. The van der Waals surface area contributed by atoms with E-state index in [9.17, 15) is 22.8 Å². The van der Waals surface area contributed by atoms with Gasteiger partial charge in [0.05, 0.1) is 17.2 Å². The number of alkyl halides is 3. The highest BCUT2D eigenvalue weighted by Crippen LogP contribution is 2.38. The maximum absolute atomic E-state index is 13.4. The van der Waals surface area contributed by atoms with Crippen molar-refractivity contribution in [1.82, 2.24) is 4.90 Å². The normalized spacial score (nSPS) is 17.0. The number of rotatable bonds is 5. The number of hydrogen-bond donors (Lipinski definition) is 0. The summed E-state index contributed by atoms with van der Waals surface area (Å²) in [7, 11) is 0. The van der Waals surface area contributed by atoms with Gasteiger partial charge in [0.25, 0.3) is 0 Å². The number of fused-ring (bicyclic) bond motifs is 2. The Hall–Kier alpha value is -3.45. The highest BCUT2D eigenvalue weighted by atomic mass is 19.4. The van der Waals surface area contributed by atoms with Gasteiger partial charge in [0.15, 0.2) is 11.2 Å². The molecule has 174 valence electrons. The second-order valence-corrected chi connectivity index (χ2v) is 8.74. The lowest BCUT2D eigenvalue weighted by Crippen LogP contribution is -2.24. The number of hydrogen-bond acceptors (Lipinski definition) is 4. The molecule has 0 amide bonds. The Labute approximate surface area is 193 Å². The molecule has 0 bridgehead atoms. The molecule has 1 aliphatic rings. The van der Waals surface area contributed by atoms with Crippen LogP contribution in [0.25, 0.3) is 21.7 Å². The van der Waals surface area contributed by atoms with Gasteiger partial charge in [-0.3, -0.25) is 9.59 Å². The van der Waals surface area contributed by atoms with Gasteiger partial charge in [0.2, 0.25) is 0 Å². The molecule has 5 rings (SSSR count). The van der Waals surface area contributed by atoms with Crippen LogP contribution in [0.2, 0.25) is 0 Å². The molecule has 4 aromatic rings. The molecular weight excluding hydrogens is 443 g/mol. The molecule has 1 unspecified atom stereocenters. The minimum atomic E-state index is -4.37. The van der Waals surface area contributed by atoms with Crippen molar-refractivity contribution < 1.29 is 22.4 Å². The summed E-state index contributed by atoms with van der Waals surface area (Å²) < 4.78 is 45.5. The quantitative estimate of drug-likeness (QED) is 0.267. The van der Waals surface area contributed by atoms with Crippen molar-refractivity contribution in [2.75, 3.05) is 19.6 Å². The van der Waals surface area contributed by atoms with Crippen LogP contribution in [-0.2, 0) is 6.18 Å². The molecule has 2 heterocycles. The average Bonchev–Trinajstić information content (AvgIpc) is 3.30. The summed E-state index contributed by atoms with van der Waals surface area (Å²) >= 11 is 0. The van der Waals surface area contributed by atoms with E-state index in [0.717, 1.165) is 16.8 Å². The summed E-state index contributed by atoms with van der Waals surface area (Å²) in [6, 6.07) is 16.0. The first-order valence-corrected chi connectivity index (χ1v) is 11.2. The lowest BCUT2D eigenvalue weighted by Gasteiger charge is -2.19. The summed E-state index contributed by atoms with van der Waals surface area (Å²) in [5.41, 5.74) is 0.654. The fourth-order valence-corrected chi connectivity index (χ4v) is 4.80. The van der Waals surface area contributed by atoms with E-state index in [4.69, 9.17) is 4.42 Å². The molecular formula is C27H22F3NO3. The highest BCUT2D eigenvalue weighted by molar-refractivity contribution is 6.02. The van der Waals surface area contributed by atoms with Gasteiger partial charge < -0.3 is 9.32 Å². The fraction of sp³-hybridized carbons (Fsp3) is 0.259. The van der Waals surface area contributed by atoms with Crippen LogP contribution >= 0.6 is 0 Å². The van der Waals surface area contributed by atoms with Crippen LogP contribution in [0.5, 0.6) is 0 Å². The first-order chi connectivity index (χ1) is 16.3. The number of carbonyl (C=O) groups excluding carboxylic acids is 1. The number of Topliss-reactive ketones (excluding diaryl/α,β-unsaturated/α-hetero) is 1. The molecule has 34 heavy (non-hydrogen) atoms. The maximum atomic E-state index is 13.4. The summed E-state index contributed by atoms with van der Waals surface area (Å²) in [4.78, 5) is 27.0. The van der Waals surface area contributed by atoms with E-state index in [-0.39, 0.29) is 23.6 Å². The molecule has 7 heteroatoms. The fourth-order valence-electron chi connectivity index (χ4n) is 4.80. The molecule has 3 aromatic carbocycles. The van der Waals surface area contributed by atoms with E-state index in [1.807, 2.05) is 6.07 Å². The Balaban J connectivity index is 1.27. The van der Waals surface area contributed by atoms with E-state index in [2.05, 4.69) is 4.90 Å². The third kappa shape index (κ3) is 4.35. The van der Waals surface area contributed by atoms with Gasteiger partial charge in [0, 0.05) is 31.1 Å². The molecule has 0 saturated carbocycles. The second-order valence-electron chi connectivity index (χ2n) is 8.74. The predicted octanol–water partition coefficient (Wildman–Crippen LogP) is 6.03. The van der Waals surface area contributed by atoms with Crippen LogP contribution in [0.1, 0.15) is 40.2 Å². The third-order valence-electron chi connectivity index (χ3n) is 6.57. The van der Waals surface area contributed by atoms with E-state index < -0.39 is 11.7 Å². The van der Waals surface area contributed by atoms with Gasteiger partial charge >= 0.3 is 6.18 Å².